The summed E-state index contributed by atoms with van der Waals surface area (Å²) in [7, 11) is 0. The Labute approximate surface area is 297 Å². The Balaban J connectivity index is 2.48. The number of rotatable bonds is 34. The maximum Gasteiger partial charge on any atom is 0.323 e. The summed E-state index contributed by atoms with van der Waals surface area (Å²) < 4.78 is 5.91. The van der Waals surface area contributed by atoms with Gasteiger partial charge in [0.15, 0.2) is 0 Å². The second kappa shape index (κ2) is 31.8. The largest absolute Gasteiger partial charge is 0.460 e. The molecule has 7 nitrogen and oxygen atoms in total. The van der Waals surface area contributed by atoms with E-state index in [9.17, 15) is 19.8 Å². The lowest BCUT2D eigenvalue weighted by Crippen LogP contribution is -2.55. The first-order valence-electron chi connectivity index (χ1n) is 21.0. The van der Waals surface area contributed by atoms with Gasteiger partial charge in [-0.3, -0.25) is 14.5 Å². The minimum Gasteiger partial charge on any atom is -0.460 e. The monoisotopic (exact) mass is 681 g/mol. The maximum absolute atomic E-state index is 13.2. The quantitative estimate of drug-likeness (QED) is 0.0462. The Kier molecular flexibility index (Phi) is 29.7. The van der Waals surface area contributed by atoms with Gasteiger partial charge in [0, 0.05) is 26.1 Å². The normalized spacial score (nSPS) is 18.1. The molecule has 1 aliphatic rings. The Hall–Kier alpha value is -1.18. The first kappa shape index (κ1) is 44.8. The highest BCUT2D eigenvalue weighted by Gasteiger charge is 2.37. The fourth-order valence-corrected chi connectivity index (χ4v) is 7.06. The highest BCUT2D eigenvalue weighted by molar-refractivity contribution is 5.79. The zero-order valence-electron chi connectivity index (χ0n) is 32.0. The number of esters is 1. The van der Waals surface area contributed by atoms with E-state index in [2.05, 4.69) is 31.0 Å². The average Bonchev–Trinajstić information content (AvgIpc) is 3.07. The van der Waals surface area contributed by atoms with Crippen LogP contribution in [0.4, 0.5) is 0 Å². The number of aliphatic hydroxyl groups excluding tert-OH is 2. The summed E-state index contributed by atoms with van der Waals surface area (Å²) in [5, 5.41) is 24.2. The van der Waals surface area contributed by atoms with Crippen LogP contribution in [0.5, 0.6) is 0 Å². The molecule has 0 saturated carbocycles. The van der Waals surface area contributed by atoms with Gasteiger partial charge < -0.3 is 20.3 Å². The number of hydrogen-bond acceptors (Lipinski definition) is 6. The lowest BCUT2D eigenvalue weighted by molar-refractivity contribution is -0.168. The molecule has 1 heterocycles. The zero-order valence-corrected chi connectivity index (χ0v) is 32.0. The van der Waals surface area contributed by atoms with Crippen LogP contribution >= 0.6 is 0 Å². The molecule has 1 rings (SSSR count). The number of nitrogens with one attached hydrogen (secondary N) is 1. The van der Waals surface area contributed by atoms with E-state index in [4.69, 9.17) is 4.74 Å². The van der Waals surface area contributed by atoms with Crippen molar-refractivity contribution in [1.29, 1.82) is 0 Å². The predicted octanol–water partition coefficient (Wildman–Crippen LogP) is 9.79. The zero-order chi connectivity index (χ0) is 35.1. The molecule has 0 radical (unpaired) electrons. The summed E-state index contributed by atoms with van der Waals surface area (Å²) in [5.41, 5.74) is 0. The molecule has 4 unspecified atom stereocenters. The number of hydrogen-bond donors (Lipinski definition) is 3. The lowest BCUT2D eigenvalue weighted by Gasteiger charge is -2.39. The Morgan fingerprint density at radius 1 is 0.667 bits per heavy atom. The number of aliphatic hydroxyl groups is 2. The van der Waals surface area contributed by atoms with Gasteiger partial charge in [-0.15, -0.1) is 0 Å². The van der Waals surface area contributed by atoms with E-state index in [1.165, 1.54) is 116 Å². The number of amides is 1. The molecular weight excluding hydrogens is 600 g/mol. The molecule has 3 N–H and O–H groups in total. The van der Waals surface area contributed by atoms with E-state index >= 15 is 0 Å². The number of cyclic esters (lactones) is 1. The summed E-state index contributed by atoms with van der Waals surface area (Å²) >= 11 is 0. The van der Waals surface area contributed by atoms with Gasteiger partial charge in [0.25, 0.3) is 0 Å². The number of morpholine rings is 1. The minimum absolute atomic E-state index is 0.140. The second-order valence-corrected chi connectivity index (χ2v) is 15.0. The average molecular weight is 681 g/mol. The van der Waals surface area contributed by atoms with Crippen LogP contribution in [0.1, 0.15) is 207 Å². The lowest BCUT2D eigenvalue weighted by atomic mass is 10.0. The molecule has 0 aromatic carbocycles. The highest BCUT2D eigenvalue weighted by Crippen LogP contribution is 2.23. The maximum atomic E-state index is 13.2. The van der Waals surface area contributed by atoms with Crippen molar-refractivity contribution < 1.29 is 24.5 Å². The summed E-state index contributed by atoms with van der Waals surface area (Å²) in [6.07, 6.45) is 31.3. The van der Waals surface area contributed by atoms with Crippen LogP contribution < -0.4 is 5.32 Å². The molecule has 0 bridgehead atoms. The third kappa shape index (κ3) is 24.9. The van der Waals surface area contributed by atoms with Gasteiger partial charge in [-0.1, -0.05) is 168 Å². The van der Waals surface area contributed by atoms with Gasteiger partial charge in [-0.2, -0.15) is 0 Å². The van der Waals surface area contributed by atoms with Gasteiger partial charge in [0.05, 0.1) is 12.2 Å². The summed E-state index contributed by atoms with van der Waals surface area (Å²) in [6.45, 7) is 8.05. The Morgan fingerprint density at radius 2 is 1.10 bits per heavy atom. The summed E-state index contributed by atoms with van der Waals surface area (Å²) in [4.78, 5) is 28.1. The van der Waals surface area contributed by atoms with Gasteiger partial charge in [0.1, 0.15) is 12.1 Å². The van der Waals surface area contributed by atoms with Crippen molar-refractivity contribution in [2.75, 3.05) is 19.6 Å². The molecule has 0 spiro atoms. The first-order chi connectivity index (χ1) is 23.4. The molecule has 1 aliphatic heterocycles. The van der Waals surface area contributed by atoms with Gasteiger partial charge in [-0.25, -0.2) is 0 Å². The Bertz CT molecular complexity index is 748. The standard InChI is InChI=1S/C41H80N2O5/c1-4-7-10-13-16-19-22-25-28-36(44)33-42-40(46)32-31-39-41(47)48-38(30-27-24-21-18-15-12-9-6-3)35-43(39)34-37(45)29-26-23-20-17-14-11-8-5-2/h36-39,44-45H,4-35H2,1-3H3,(H,42,46). The summed E-state index contributed by atoms with van der Waals surface area (Å²) in [5.74, 6) is -0.397. The van der Waals surface area contributed by atoms with Gasteiger partial charge >= 0.3 is 5.97 Å². The van der Waals surface area contributed by atoms with E-state index in [0.29, 0.717) is 25.9 Å². The van der Waals surface area contributed by atoms with E-state index < -0.39 is 18.2 Å². The van der Waals surface area contributed by atoms with Crippen LogP contribution in [0.25, 0.3) is 0 Å². The van der Waals surface area contributed by atoms with Crippen molar-refractivity contribution in [3.05, 3.63) is 0 Å². The van der Waals surface area contributed by atoms with Crippen LogP contribution in [0.3, 0.4) is 0 Å². The van der Waals surface area contributed by atoms with Crippen LogP contribution in [-0.4, -0.2) is 71.0 Å². The molecular formula is C41H80N2O5. The molecule has 1 amide bonds. The van der Waals surface area contributed by atoms with E-state index in [0.717, 1.165) is 51.4 Å². The molecule has 1 fully saturated rings. The van der Waals surface area contributed by atoms with Crippen molar-refractivity contribution in [2.24, 2.45) is 0 Å². The van der Waals surface area contributed by atoms with E-state index in [1.54, 1.807) is 0 Å². The first-order valence-corrected chi connectivity index (χ1v) is 21.0. The number of nitrogens with zero attached hydrogens (tertiary/aromatic N) is 1. The molecule has 0 aromatic heterocycles. The number of carbonyl (C=O) groups is 2. The second-order valence-electron chi connectivity index (χ2n) is 15.0. The van der Waals surface area contributed by atoms with Crippen LogP contribution in [0.15, 0.2) is 0 Å². The Morgan fingerprint density at radius 3 is 1.60 bits per heavy atom. The van der Waals surface area contributed by atoms with Crippen LogP contribution in [0, 0.1) is 0 Å². The van der Waals surface area contributed by atoms with Crippen molar-refractivity contribution >= 4 is 11.9 Å². The fraction of sp³-hybridized carbons (Fsp3) is 0.951. The van der Waals surface area contributed by atoms with Crippen molar-refractivity contribution in [3.8, 4) is 0 Å². The number of carbonyl (C=O) groups excluding carboxylic acids is 2. The fourth-order valence-electron chi connectivity index (χ4n) is 7.06. The highest BCUT2D eigenvalue weighted by atomic mass is 16.5. The topological polar surface area (TPSA) is 99.1 Å². The molecule has 0 aromatic rings. The molecule has 7 heteroatoms. The van der Waals surface area contributed by atoms with Crippen LogP contribution in [-0.2, 0) is 14.3 Å². The van der Waals surface area contributed by atoms with E-state index in [1.807, 2.05) is 0 Å². The SMILES string of the molecule is CCCCCCCCCCC(O)CNC(=O)CCC1C(=O)OC(CCCCCCCCCC)CN1CC(O)CCCCCCCCCC. The molecule has 0 aliphatic carbocycles. The third-order valence-corrected chi connectivity index (χ3v) is 10.2. The van der Waals surface area contributed by atoms with Crippen molar-refractivity contribution in [1.82, 2.24) is 10.2 Å². The van der Waals surface area contributed by atoms with Crippen molar-refractivity contribution in [3.63, 3.8) is 0 Å². The number of β-amino-alcohol motifs (C(OH)–C–C–N with tert-alkyl or cyclic N) is 1. The molecule has 1 saturated heterocycles. The third-order valence-electron chi connectivity index (χ3n) is 10.2. The van der Waals surface area contributed by atoms with Crippen LogP contribution in [0.2, 0.25) is 0 Å². The van der Waals surface area contributed by atoms with Gasteiger partial charge in [0.2, 0.25) is 5.91 Å². The predicted molar refractivity (Wildman–Crippen MR) is 201 cm³/mol. The molecule has 4 atom stereocenters. The summed E-state index contributed by atoms with van der Waals surface area (Å²) in [6, 6.07) is -0.513. The smallest absolute Gasteiger partial charge is 0.323 e. The number of ether oxygens (including phenoxy) is 1. The van der Waals surface area contributed by atoms with E-state index in [-0.39, 0.29) is 30.9 Å². The molecule has 284 valence electrons. The number of unbranched alkanes of at least 4 members (excludes halogenated alkanes) is 21. The van der Waals surface area contributed by atoms with Crippen molar-refractivity contribution in [2.45, 2.75) is 231 Å². The minimum atomic E-state index is -0.534. The molecule has 48 heavy (non-hydrogen) atoms. The van der Waals surface area contributed by atoms with Gasteiger partial charge in [-0.05, 0) is 32.1 Å².